The maximum Gasteiger partial charge on any atom is 0.243 e. The van der Waals surface area contributed by atoms with Gasteiger partial charge in [-0.15, -0.1) is 12.4 Å². The average molecular weight is 322 g/mol. The quantitative estimate of drug-likeness (QED) is 0.747. The smallest absolute Gasteiger partial charge is 0.243 e. The molecule has 0 radical (unpaired) electrons. The molecule has 6 nitrogen and oxygen atoms in total. The Morgan fingerprint density at radius 2 is 2.00 bits per heavy atom. The Bertz CT molecular complexity index is 390. The van der Waals surface area contributed by atoms with Crippen molar-refractivity contribution in [2.24, 2.45) is 11.1 Å². The number of hydrogen-bond donors (Lipinski definition) is 2. The van der Waals surface area contributed by atoms with Crippen molar-refractivity contribution in [2.75, 3.05) is 27.2 Å². The molecule has 0 saturated heterocycles. The van der Waals surface area contributed by atoms with Crippen LogP contribution in [-0.4, -0.2) is 55.6 Å². The highest BCUT2D eigenvalue weighted by atomic mass is 35.5. The van der Waals surface area contributed by atoms with Crippen LogP contribution in [0.3, 0.4) is 0 Å². The fraction of sp³-hybridized carbons (Fsp3) is 0.857. The van der Waals surface area contributed by atoms with Gasteiger partial charge in [0.1, 0.15) is 5.54 Å². The summed E-state index contributed by atoms with van der Waals surface area (Å²) < 4.78 is 5.62. The number of rotatable bonds is 6. The second-order valence-corrected chi connectivity index (χ2v) is 5.99. The van der Waals surface area contributed by atoms with Gasteiger partial charge in [-0.25, -0.2) is 0 Å². The molecule has 124 valence electrons. The second-order valence-electron chi connectivity index (χ2n) is 5.99. The second kappa shape index (κ2) is 7.42. The monoisotopic (exact) mass is 321 g/mol. The van der Waals surface area contributed by atoms with Crippen LogP contribution >= 0.6 is 12.4 Å². The van der Waals surface area contributed by atoms with Crippen LogP contribution in [0.4, 0.5) is 0 Å². The lowest BCUT2D eigenvalue weighted by Gasteiger charge is -2.58. The Balaban J connectivity index is 0.00000400. The highest BCUT2D eigenvalue weighted by Gasteiger charge is 2.63. The first kappa shape index (κ1) is 20.1. The van der Waals surface area contributed by atoms with Crippen LogP contribution < -0.4 is 11.1 Å². The minimum atomic E-state index is -0.912. The minimum absolute atomic E-state index is 0. The topological polar surface area (TPSA) is 84.7 Å². The number of likely N-dealkylation sites (N-methyl/N-ethyl adjacent to an activating group) is 1. The molecule has 0 spiro atoms. The Kier molecular flexibility index (Phi) is 7.12. The van der Waals surface area contributed by atoms with Crippen molar-refractivity contribution < 1.29 is 14.3 Å². The molecule has 21 heavy (non-hydrogen) atoms. The average Bonchev–Trinajstić information content (AvgIpc) is 2.42. The number of amides is 2. The summed E-state index contributed by atoms with van der Waals surface area (Å²) in [5.41, 5.74) is 5.00. The summed E-state index contributed by atoms with van der Waals surface area (Å²) in [4.78, 5) is 25.3. The Hall–Kier alpha value is -0.850. The molecule has 0 aromatic rings. The molecule has 7 heteroatoms. The summed E-state index contributed by atoms with van der Waals surface area (Å²) in [6, 6.07) is 0. The van der Waals surface area contributed by atoms with E-state index in [1.54, 1.807) is 19.0 Å². The van der Waals surface area contributed by atoms with Gasteiger partial charge in [0.15, 0.2) is 0 Å². The molecule has 1 aliphatic rings. The fourth-order valence-electron chi connectivity index (χ4n) is 2.63. The zero-order valence-electron chi connectivity index (χ0n) is 13.6. The van der Waals surface area contributed by atoms with Gasteiger partial charge in [0.05, 0.1) is 6.10 Å². The van der Waals surface area contributed by atoms with E-state index >= 15 is 0 Å². The van der Waals surface area contributed by atoms with Gasteiger partial charge in [-0.3, -0.25) is 9.59 Å². The van der Waals surface area contributed by atoms with Gasteiger partial charge in [-0.05, 0) is 6.92 Å². The number of hydrogen-bond acceptors (Lipinski definition) is 4. The number of halogens is 1. The van der Waals surface area contributed by atoms with Crippen LogP contribution in [-0.2, 0) is 14.3 Å². The lowest BCUT2D eigenvalue weighted by atomic mass is 9.54. The lowest BCUT2D eigenvalue weighted by Crippen LogP contribution is -2.75. The largest absolute Gasteiger partial charge is 0.378 e. The van der Waals surface area contributed by atoms with E-state index in [4.69, 9.17) is 10.5 Å². The third-order valence-corrected chi connectivity index (χ3v) is 4.51. The Morgan fingerprint density at radius 3 is 2.43 bits per heavy atom. The van der Waals surface area contributed by atoms with E-state index in [1.165, 1.54) is 0 Å². The number of nitrogens with two attached hydrogens (primary N) is 1. The van der Waals surface area contributed by atoms with E-state index < -0.39 is 11.0 Å². The van der Waals surface area contributed by atoms with Crippen LogP contribution in [0.25, 0.3) is 0 Å². The van der Waals surface area contributed by atoms with Crippen LogP contribution in [0.1, 0.15) is 33.6 Å². The van der Waals surface area contributed by atoms with Gasteiger partial charge < -0.3 is 20.7 Å². The van der Waals surface area contributed by atoms with Gasteiger partial charge >= 0.3 is 0 Å². The summed E-state index contributed by atoms with van der Waals surface area (Å²) in [5, 5.41) is 2.54. The summed E-state index contributed by atoms with van der Waals surface area (Å²) in [6.07, 6.45) is 0.815. The van der Waals surface area contributed by atoms with Crippen LogP contribution in [0.5, 0.6) is 0 Å². The van der Waals surface area contributed by atoms with Gasteiger partial charge in [-0.1, -0.05) is 13.8 Å². The zero-order valence-corrected chi connectivity index (χ0v) is 14.4. The summed E-state index contributed by atoms with van der Waals surface area (Å²) in [7, 11) is 3.26. The first-order valence-corrected chi connectivity index (χ1v) is 7.07. The molecule has 0 aromatic heterocycles. The maximum atomic E-state index is 12.5. The molecule has 1 fully saturated rings. The SMILES string of the molecule is CCOC1CC(N)(C(=O)N(C)CCC(=O)NC)C1(C)C.Cl. The molecular formula is C14H28ClN3O3. The molecule has 2 unspecified atom stereocenters. The van der Waals surface area contributed by atoms with E-state index in [0.717, 1.165) is 0 Å². The molecule has 2 atom stereocenters. The number of nitrogens with zero attached hydrogens (tertiary/aromatic N) is 1. The van der Waals surface area contributed by atoms with Crippen molar-refractivity contribution >= 4 is 24.2 Å². The van der Waals surface area contributed by atoms with Gasteiger partial charge in [0.25, 0.3) is 0 Å². The first-order chi connectivity index (χ1) is 9.20. The predicted octanol–water partition coefficient (Wildman–Crippen LogP) is 0.535. The molecule has 0 aromatic carbocycles. The fourth-order valence-corrected chi connectivity index (χ4v) is 2.63. The third kappa shape index (κ3) is 3.67. The third-order valence-electron chi connectivity index (χ3n) is 4.51. The van der Waals surface area contributed by atoms with Crippen molar-refractivity contribution in [3.05, 3.63) is 0 Å². The zero-order chi connectivity index (χ0) is 15.6. The molecule has 0 heterocycles. The molecule has 0 aliphatic heterocycles. The summed E-state index contributed by atoms with van der Waals surface area (Å²) >= 11 is 0. The van der Waals surface area contributed by atoms with Crippen molar-refractivity contribution in [1.29, 1.82) is 0 Å². The summed E-state index contributed by atoms with van der Waals surface area (Å²) in [5.74, 6) is -0.210. The maximum absolute atomic E-state index is 12.5. The van der Waals surface area contributed by atoms with Crippen LogP contribution in [0, 0.1) is 5.41 Å². The number of carbonyl (C=O) groups is 2. The van der Waals surface area contributed by atoms with E-state index in [1.807, 2.05) is 20.8 Å². The van der Waals surface area contributed by atoms with Gasteiger partial charge in [0.2, 0.25) is 11.8 Å². The van der Waals surface area contributed by atoms with Crippen LogP contribution in [0.15, 0.2) is 0 Å². The van der Waals surface area contributed by atoms with Crippen molar-refractivity contribution in [2.45, 2.75) is 45.3 Å². The lowest BCUT2D eigenvalue weighted by molar-refractivity contribution is -0.178. The summed E-state index contributed by atoms with van der Waals surface area (Å²) in [6.45, 7) is 6.84. The standard InChI is InChI=1S/C14H27N3O3.ClH/c1-6-20-10-9-14(15,13(10,2)3)12(19)17(5)8-7-11(18)16-4;/h10H,6-9,15H2,1-5H3,(H,16,18);1H. The van der Waals surface area contributed by atoms with Crippen molar-refractivity contribution in [3.8, 4) is 0 Å². The Labute approximate surface area is 133 Å². The highest BCUT2D eigenvalue weighted by Crippen LogP contribution is 2.50. The van der Waals surface area contributed by atoms with E-state index in [-0.39, 0.29) is 36.7 Å². The minimum Gasteiger partial charge on any atom is -0.378 e. The molecule has 3 N–H and O–H groups in total. The van der Waals surface area contributed by atoms with E-state index in [2.05, 4.69) is 5.32 Å². The molecule has 0 bridgehead atoms. The first-order valence-electron chi connectivity index (χ1n) is 7.07. The highest BCUT2D eigenvalue weighted by molar-refractivity contribution is 5.89. The van der Waals surface area contributed by atoms with E-state index in [0.29, 0.717) is 19.6 Å². The number of carbonyl (C=O) groups excluding carboxylic acids is 2. The van der Waals surface area contributed by atoms with Crippen molar-refractivity contribution in [1.82, 2.24) is 10.2 Å². The molecule has 1 aliphatic carbocycles. The van der Waals surface area contributed by atoms with Gasteiger partial charge in [-0.2, -0.15) is 0 Å². The van der Waals surface area contributed by atoms with E-state index in [9.17, 15) is 9.59 Å². The molecular weight excluding hydrogens is 294 g/mol. The molecule has 2 amide bonds. The Morgan fingerprint density at radius 1 is 1.43 bits per heavy atom. The molecule has 1 rings (SSSR count). The molecule has 1 saturated carbocycles. The number of ether oxygens (including phenoxy) is 1. The normalized spacial score (nSPS) is 26.3. The van der Waals surface area contributed by atoms with Crippen molar-refractivity contribution in [3.63, 3.8) is 0 Å². The predicted molar refractivity (Wildman–Crippen MR) is 84.3 cm³/mol. The number of nitrogens with one attached hydrogen (secondary N) is 1. The van der Waals surface area contributed by atoms with Gasteiger partial charge in [0, 0.05) is 45.5 Å². The van der Waals surface area contributed by atoms with Crippen LogP contribution in [0.2, 0.25) is 0 Å².